The summed E-state index contributed by atoms with van der Waals surface area (Å²) >= 11 is 0. The summed E-state index contributed by atoms with van der Waals surface area (Å²) in [6.45, 7) is 6.23. The van der Waals surface area contributed by atoms with Gasteiger partial charge in [0.2, 0.25) is 5.91 Å². The Morgan fingerprint density at radius 1 is 0.900 bits per heavy atom. The van der Waals surface area contributed by atoms with Crippen LogP contribution < -0.4 is 14.9 Å². The quantitative estimate of drug-likeness (QED) is 0.296. The van der Waals surface area contributed by atoms with Crippen LogP contribution in [-0.2, 0) is 19.6 Å². The number of hydrogen-bond acceptors (Lipinski definition) is 5. The van der Waals surface area contributed by atoms with Gasteiger partial charge >= 0.3 is 0 Å². The fourth-order valence-electron chi connectivity index (χ4n) is 4.66. The maximum Gasteiger partial charge on any atom is 0.272 e. The van der Waals surface area contributed by atoms with E-state index >= 15 is 0 Å². The van der Waals surface area contributed by atoms with Gasteiger partial charge in [-0.3, -0.25) is 14.3 Å². The monoisotopic (exact) mass is 557 g/mol. The molecule has 4 aromatic rings. The molecule has 5 rings (SSSR count). The third-order valence-corrected chi connectivity index (χ3v) is 8.34. The van der Waals surface area contributed by atoms with E-state index in [0.29, 0.717) is 24.3 Å². The zero-order chi connectivity index (χ0) is 28.3. The topological polar surface area (TPSA) is 115 Å². The molecule has 2 heterocycles. The van der Waals surface area contributed by atoms with Gasteiger partial charge in [0, 0.05) is 67.1 Å². The van der Waals surface area contributed by atoms with Gasteiger partial charge in [-0.15, -0.1) is 0 Å². The molecular weight excluding hydrogens is 526 g/mol. The molecule has 1 aliphatic rings. The predicted molar refractivity (Wildman–Crippen MR) is 157 cm³/mol. The van der Waals surface area contributed by atoms with Crippen molar-refractivity contribution in [3.05, 3.63) is 95.8 Å². The fraction of sp³-hybridized carbons (Fsp3) is 0.200. The molecule has 0 atom stereocenters. The van der Waals surface area contributed by atoms with Crippen LogP contribution in [-0.4, -0.2) is 56.3 Å². The predicted octanol–water partition coefficient (Wildman–Crippen LogP) is 4.10. The van der Waals surface area contributed by atoms with Crippen LogP contribution in [0.5, 0.6) is 0 Å². The van der Waals surface area contributed by atoms with Crippen molar-refractivity contribution in [2.75, 3.05) is 36.4 Å². The highest BCUT2D eigenvalue weighted by Gasteiger charge is 2.22. The number of aryl methyl sites for hydroxylation is 1. The number of carbonyl (C=O) groups excluding carboxylic acids is 2. The maximum absolute atomic E-state index is 13.5. The average molecular weight is 558 g/mol. The molecule has 0 radical (unpaired) electrons. The van der Waals surface area contributed by atoms with Gasteiger partial charge < -0.3 is 20.1 Å². The van der Waals surface area contributed by atoms with E-state index in [-0.39, 0.29) is 16.5 Å². The molecule has 0 bridgehead atoms. The molecule has 1 saturated heterocycles. The molecule has 2 amide bonds. The van der Waals surface area contributed by atoms with Crippen molar-refractivity contribution in [3.8, 4) is 0 Å². The van der Waals surface area contributed by atoms with Crippen molar-refractivity contribution < 1.29 is 18.0 Å². The number of piperazine rings is 1. The van der Waals surface area contributed by atoms with Crippen LogP contribution in [0.2, 0.25) is 0 Å². The molecule has 0 spiro atoms. The number of anilines is 2. The summed E-state index contributed by atoms with van der Waals surface area (Å²) in [5, 5.41) is 3.68. The van der Waals surface area contributed by atoms with E-state index < -0.39 is 15.9 Å². The summed E-state index contributed by atoms with van der Waals surface area (Å²) < 4.78 is 28.9. The van der Waals surface area contributed by atoms with E-state index in [0.717, 1.165) is 35.2 Å². The Bertz CT molecular complexity index is 1670. The van der Waals surface area contributed by atoms with Crippen LogP contribution in [0.3, 0.4) is 0 Å². The number of hydrogen-bond donors (Lipinski definition) is 3. The minimum Gasteiger partial charge on any atom is -0.368 e. The second kappa shape index (κ2) is 11.3. The Morgan fingerprint density at radius 3 is 2.25 bits per heavy atom. The summed E-state index contributed by atoms with van der Waals surface area (Å²) in [5.74, 6) is -0.518. The lowest BCUT2D eigenvalue weighted by Crippen LogP contribution is -2.48. The van der Waals surface area contributed by atoms with Crippen molar-refractivity contribution in [1.82, 2.24) is 14.6 Å². The molecule has 206 valence electrons. The molecular formula is C30H31N5O4S. The van der Waals surface area contributed by atoms with E-state index in [9.17, 15) is 18.0 Å². The fourth-order valence-corrected chi connectivity index (χ4v) is 5.72. The van der Waals surface area contributed by atoms with Gasteiger partial charge in [-0.25, -0.2) is 8.42 Å². The van der Waals surface area contributed by atoms with E-state index in [4.69, 9.17) is 0 Å². The molecule has 1 aliphatic heterocycles. The highest BCUT2D eigenvalue weighted by atomic mass is 32.2. The number of fused-ring (bicyclic) bond motifs is 1. The minimum absolute atomic E-state index is 0.0601. The number of aromatic amines is 1. The second-order valence-corrected chi connectivity index (χ2v) is 11.4. The summed E-state index contributed by atoms with van der Waals surface area (Å²) in [6, 6.07) is 21.4. The van der Waals surface area contributed by atoms with Gasteiger partial charge in [0.1, 0.15) is 5.70 Å². The average Bonchev–Trinajstić information content (AvgIpc) is 3.36. The number of benzene rings is 3. The smallest absolute Gasteiger partial charge is 0.272 e. The van der Waals surface area contributed by atoms with Gasteiger partial charge in [-0.05, 0) is 55.5 Å². The van der Waals surface area contributed by atoms with Crippen LogP contribution >= 0.6 is 0 Å². The normalized spacial score (nSPS) is 14.3. The minimum atomic E-state index is -4.03. The van der Waals surface area contributed by atoms with Gasteiger partial charge in [0.25, 0.3) is 15.9 Å². The van der Waals surface area contributed by atoms with Crippen LogP contribution in [0, 0.1) is 6.92 Å². The van der Waals surface area contributed by atoms with Crippen molar-refractivity contribution >= 4 is 50.2 Å². The van der Waals surface area contributed by atoms with E-state index in [1.54, 1.807) is 37.4 Å². The third kappa shape index (κ3) is 6.02. The standard InChI is InChI=1S/C30H31N5O4S/c1-21-7-13-26(14-8-21)40(38,39)33-29(19-23-20-31-28-6-4-3-5-27(23)28)30(37)32-24-9-11-25(12-10-24)35-17-15-34(16-18-35)22(2)36/h3-14,19-20,31,33H,15-18H2,1-2H3,(H,32,37). The summed E-state index contributed by atoms with van der Waals surface area (Å²) in [4.78, 5) is 32.3. The number of nitrogens with one attached hydrogen (secondary N) is 3. The van der Waals surface area contributed by atoms with E-state index in [1.165, 1.54) is 18.2 Å². The SMILES string of the molecule is CC(=O)N1CCN(c2ccc(NC(=O)C(=Cc3c[nH]c4ccccc34)NS(=O)(=O)c3ccc(C)cc3)cc2)CC1. The maximum atomic E-state index is 13.5. The summed E-state index contributed by atoms with van der Waals surface area (Å²) in [7, 11) is -4.03. The molecule has 0 saturated carbocycles. The number of carbonyl (C=O) groups is 2. The second-order valence-electron chi connectivity index (χ2n) is 9.76. The first kappa shape index (κ1) is 27.0. The van der Waals surface area contributed by atoms with Gasteiger partial charge in [0.15, 0.2) is 0 Å². The first-order chi connectivity index (χ1) is 19.2. The lowest BCUT2D eigenvalue weighted by molar-refractivity contribution is -0.129. The van der Waals surface area contributed by atoms with Crippen LogP contribution in [0.25, 0.3) is 17.0 Å². The number of aromatic nitrogens is 1. The molecule has 3 N–H and O–H groups in total. The first-order valence-corrected chi connectivity index (χ1v) is 14.5. The van der Waals surface area contributed by atoms with Crippen LogP contribution in [0.4, 0.5) is 11.4 Å². The highest BCUT2D eigenvalue weighted by molar-refractivity contribution is 7.89. The summed E-state index contributed by atoms with van der Waals surface area (Å²) in [5.41, 5.74) is 3.86. The van der Waals surface area contributed by atoms with Gasteiger partial charge in [-0.1, -0.05) is 35.9 Å². The Hall–Kier alpha value is -4.57. The molecule has 40 heavy (non-hydrogen) atoms. The first-order valence-electron chi connectivity index (χ1n) is 13.0. The van der Waals surface area contributed by atoms with Crippen molar-refractivity contribution in [1.29, 1.82) is 0 Å². The number of nitrogens with zero attached hydrogens (tertiary/aromatic N) is 2. The third-order valence-electron chi connectivity index (χ3n) is 6.96. The number of para-hydroxylation sites is 1. The molecule has 10 heteroatoms. The largest absolute Gasteiger partial charge is 0.368 e. The lowest BCUT2D eigenvalue weighted by atomic mass is 10.1. The zero-order valence-corrected chi connectivity index (χ0v) is 23.2. The van der Waals surface area contributed by atoms with Crippen molar-refractivity contribution in [3.63, 3.8) is 0 Å². The Balaban J connectivity index is 1.38. The molecule has 0 aliphatic carbocycles. The number of rotatable bonds is 7. The van der Waals surface area contributed by atoms with Crippen molar-refractivity contribution in [2.24, 2.45) is 0 Å². The van der Waals surface area contributed by atoms with Gasteiger partial charge in [-0.2, -0.15) is 0 Å². The molecule has 9 nitrogen and oxygen atoms in total. The number of H-pyrrole nitrogens is 1. The molecule has 1 aromatic heterocycles. The van der Waals surface area contributed by atoms with E-state index in [2.05, 4.69) is 19.9 Å². The highest BCUT2D eigenvalue weighted by Crippen LogP contribution is 2.23. The number of amides is 2. The summed E-state index contributed by atoms with van der Waals surface area (Å²) in [6.07, 6.45) is 3.27. The van der Waals surface area contributed by atoms with Crippen LogP contribution in [0.15, 0.2) is 89.6 Å². The molecule has 0 unspecified atom stereocenters. The lowest BCUT2D eigenvalue weighted by Gasteiger charge is -2.35. The van der Waals surface area contributed by atoms with Gasteiger partial charge in [0.05, 0.1) is 4.90 Å². The molecule has 1 fully saturated rings. The van der Waals surface area contributed by atoms with Crippen molar-refractivity contribution in [2.45, 2.75) is 18.7 Å². The number of sulfonamides is 1. The Kier molecular flexibility index (Phi) is 7.61. The van der Waals surface area contributed by atoms with E-state index in [1.807, 2.05) is 48.2 Å². The Morgan fingerprint density at radius 2 is 1.57 bits per heavy atom. The zero-order valence-electron chi connectivity index (χ0n) is 22.3. The Labute approximate surface area is 233 Å². The molecule has 3 aromatic carbocycles. The van der Waals surface area contributed by atoms with Crippen LogP contribution in [0.1, 0.15) is 18.1 Å².